The van der Waals surface area contributed by atoms with E-state index in [1.807, 2.05) is 17.0 Å². The van der Waals surface area contributed by atoms with Crippen LogP contribution in [0.25, 0.3) is 0 Å². The first-order valence-electron chi connectivity index (χ1n) is 8.97. The fourth-order valence-electron chi connectivity index (χ4n) is 4.34. The Morgan fingerprint density at radius 3 is 2.70 bits per heavy atom. The molecule has 3 aliphatic rings. The topological polar surface area (TPSA) is 48.5 Å². The SMILES string of the molecule is O=C(c1cc(N2CCCC2)ccn1)N1CCC2(CCNCC2)C1. The van der Waals surface area contributed by atoms with Gasteiger partial charge >= 0.3 is 0 Å². The van der Waals surface area contributed by atoms with Gasteiger partial charge < -0.3 is 15.1 Å². The van der Waals surface area contributed by atoms with E-state index in [1.165, 1.54) is 25.7 Å². The number of rotatable bonds is 2. The van der Waals surface area contributed by atoms with Crippen LogP contribution in [-0.4, -0.2) is 55.1 Å². The molecule has 4 heterocycles. The van der Waals surface area contributed by atoms with Crippen LogP contribution in [0, 0.1) is 5.41 Å². The second kappa shape index (κ2) is 6.11. The summed E-state index contributed by atoms with van der Waals surface area (Å²) in [6.45, 7) is 6.15. The molecule has 1 spiro atoms. The van der Waals surface area contributed by atoms with Gasteiger partial charge in [-0.15, -0.1) is 0 Å². The third-order valence-corrected chi connectivity index (χ3v) is 5.82. The van der Waals surface area contributed by atoms with Gasteiger partial charge in [0.1, 0.15) is 5.69 Å². The second-order valence-electron chi connectivity index (χ2n) is 7.32. The fourth-order valence-corrected chi connectivity index (χ4v) is 4.34. The number of carbonyl (C=O) groups excluding carboxylic acids is 1. The number of hydrogen-bond donors (Lipinski definition) is 1. The van der Waals surface area contributed by atoms with Crippen LogP contribution in [-0.2, 0) is 0 Å². The molecule has 5 nitrogen and oxygen atoms in total. The van der Waals surface area contributed by atoms with Gasteiger partial charge in [-0.1, -0.05) is 0 Å². The van der Waals surface area contributed by atoms with Gasteiger partial charge in [0.25, 0.3) is 5.91 Å². The molecule has 1 N–H and O–H groups in total. The van der Waals surface area contributed by atoms with Crippen LogP contribution < -0.4 is 10.2 Å². The van der Waals surface area contributed by atoms with E-state index in [1.54, 1.807) is 6.20 Å². The minimum atomic E-state index is 0.112. The van der Waals surface area contributed by atoms with Crippen molar-refractivity contribution < 1.29 is 4.79 Å². The van der Waals surface area contributed by atoms with Crippen molar-refractivity contribution in [2.45, 2.75) is 32.1 Å². The molecule has 5 heteroatoms. The number of hydrogen-bond acceptors (Lipinski definition) is 4. The first-order valence-corrected chi connectivity index (χ1v) is 8.97. The molecule has 0 atom stereocenters. The molecule has 124 valence electrons. The van der Waals surface area contributed by atoms with Crippen LogP contribution in [0.5, 0.6) is 0 Å². The van der Waals surface area contributed by atoms with Gasteiger partial charge in [0.05, 0.1) is 0 Å². The van der Waals surface area contributed by atoms with Crippen LogP contribution in [0.15, 0.2) is 18.3 Å². The Morgan fingerprint density at radius 1 is 1.13 bits per heavy atom. The predicted molar refractivity (Wildman–Crippen MR) is 90.7 cm³/mol. The summed E-state index contributed by atoms with van der Waals surface area (Å²) in [5.41, 5.74) is 2.12. The van der Waals surface area contributed by atoms with E-state index in [0.29, 0.717) is 11.1 Å². The molecule has 0 saturated carbocycles. The zero-order valence-corrected chi connectivity index (χ0v) is 13.8. The number of anilines is 1. The van der Waals surface area contributed by atoms with Crippen LogP contribution in [0.2, 0.25) is 0 Å². The summed E-state index contributed by atoms with van der Waals surface area (Å²) in [6, 6.07) is 4.02. The minimum absolute atomic E-state index is 0.112. The van der Waals surface area contributed by atoms with Crippen molar-refractivity contribution in [1.29, 1.82) is 0 Å². The number of amides is 1. The zero-order chi connectivity index (χ0) is 15.7. The third kappa shape index (κ3) is 2.94. The smallest absolute Gasteiger partial charge is 0.272 e. The Hall–Kier alpha value is -1.62. The molecular weight excluding hydrogens is 288 g/mol. The van der Waals surface area contributed by atoms with Crippen molar-refractivity contribution in [3.05, 3.63) is 24.0 Å². The van der Waals surface area contributed by atoms with Crippen molar-refractivity contribution in [3.63, 3.8) is 0 Å². The van der Waals surface area contributed by atoms with Crippen LogP contribution in [0.4, 0.5) is 5.69 Å². The lowest BCUT2D eigenvalue weighted by Gasteiger charge is -2.33. The molecule has 3 saturated heterocycles. The molecule has 3 aliphatic heterocycles. The Balaban J connectivity index is 1.47. The van der Waals surface area contributed by atoms with Gasteiger partial charge in [0.2, 0.25) is 0 Å². The average molecular weight is 314 g/mol. The number of likely N-dealkylation sites (tertiary alicyclic amines) is 1. The van der Waals surface area contributed by atoms with Crippen molar-refractivity contribution in [1.82, 2.24) is 15.2 Å². The van der Waals surface area contributed by atoms with E-state index in [9.17, 15) is 4.79 Å². The molecule has 0 radical (unpaired) electrons. The summed E-state index contributed by atoms with van der Waals surface area (Å²) in [5, 5.41) is 3.43. The molecular formula is C18H26N4O. The molecule has 23 heavy (non-hydrogen) atoms. The largest absolute Gasteiger partial charge is 0.371 e. The highest BCUT2D eigenvalue weighted by molar-refractivity contribution is 5.93. The zero-order valence-electron chi connectivity index (χ0n) is 13.8. The van der Waals surface area contributed by atoms with E-state index in [4.69, 9.17) is 0 Å². The summed E-state index contributed by atoms with van der Waals surface area (Å²) in [7, 11) is 0. The monoisotopic (exact) mass is 314 g/mol. The second-order valence-corrected chi connectivity index (χ2v) is 7.32. The molecule has 1 amide bonds. The van der Waals surface area contributed by atoms with Gasteiger partial charge in [-0.2, -0.15) is 0 Å². The summed E-state index contributed by atoms with van der Waals surface area (Å²) in [4.78, 5) is 21.6. The van der Waals surface area contributed by atoms with Gasteiger partial charge in [0.15, 0.2) is 0 Å². The Morgan fingerprint density at radius 2 is 1.91 bits per heavy atom. The van der Waals surface area contributed by atoms with E-state index >= 15 is 0 Å². The molecule has 0 bridgehead atoms. The van der Waals surface area contributed by atoms with E-state index < -0.39 is 0 Å². The standard InChI is InChI=1S/C18H26N4O/c23-17(22-12-6-18(14-22)4-8-19-9-5-18)16-13-15(3-7-20-16)21-10-1-2-11-21/h3,7,13,19H,1-2,4-6,8-12,14H2. The highest BCUT2D eigenvalue weighted by atomic mass is 16.2. The van der Waals surface area contributed by atoms with Crippen LogP contribution in [0.3, 0.4) is 0 Å². The summed E-state index contributed by atoms with van der Waals surface area (Å²) < 4.78 is 0. The van der Waals surface area contributed by atoms with E-state index in [2.05, 4.69) is 15.2 Å². The number of carbonyl (C=O) groups is 1. The molecule has 0 unspecified atom stereocenters. The molecule has 3 fully saturated rings. The highest BCUT2D eigenvalue weighted by Gasteiger charge is 2.40. The number of pyridine rings is 1. The maximum absolute atomic E-state index is 12.9. The minimum Gasteiger partial charge on any atom is -0.371 e. The number of nitrogens with one attached hydrogen (secondary N) is 1. The van der Waals surface area contributed by atoms with Crippen molar-refractivity contribution in [2.24, 2.45) is 5.41 Å². The van der Waals surface area contributed by atoms with Crippen LogP contribution in [0.1, 0.15) is 42.6 Å². The predicted octanol–water partition coefficient (Wildman–Crippen LogP) is 1.90. The Kier molecular flexibility index (Phi) is 3.97. The quantitative estimate of drug-likeness (QED) is 0.906. The summed E-state index contributed by atoms with van der Waals surface area (Å²) >= 11 is 0. The number of aromatic nitrogens is 1. The first kappa shape index (κ1) is 14.9. The highest BCUT2D eigenvalue weighted by Crippen LogP contribution is 2.39. The van der Waals surface area contributed by atoms with Crippen molar-refractivity contribution in [3.8, 4) is 0 Å². The van der Waals surface area contributed by atoms with E-state index in [-0.39, 0.29) is 5.91 Å². The Bertz CT molecular complexity index is 576. The van der Waals surface area contributed by atoms with Gasteiger partial charge in [-0.05, 0) is 62.7 Å². The lowest BCUT2D eigenvalue weighted by molar-refractivity contribution is 0.0756. The lowest BCUT2D eigenvalue weighted by Crippen LogP contribution is -2.39. The van der Waals surface area contributed by atoms with Gasteiger partial charge in [-0.3, -0.25) is 9.78 Å². The van der Waals surface area contributed by atoms with Crippen LogP contribution >= 0.6 is 0 Å². The lowest BCUT2D eigenvalue weighted by atomic mass is 9.78. The molecule has 1 aromatic heterocycles. The third-order valence-electron chi connectivity index (χ3n) is 5.82. The Labute approximate surface area is 138 Å². The normalized spacial score (nSPS) is 23.7. The molecule has 4 rings (SSSR count). The molecule has 0 aromatic carbocycles. The van der Waals surface area contributed by atoms with E-state index in [0.717, 1.165) is 51.4 Å². The number of nitrogens with zero attached hydrogens (tertiary/aromatic N) is 3. The average Bonchev–Trinajstić information content (AvgIpc) is 3.26. The fraction of sp³-hybridized carbons (Fsp3) is 0.667. The van der Waals surface area contributed by atoms with Crippen molar-refractivity contribution in [2.75, 3.05) is 44.2 Å². The van der Waals surface area contributed by atoms with Gasteiger partial charge in [0, 0.05) is 38.1 Å². The molecule has 1 aromatic rings. The number of piperidine rings is 1. The summed E-state index contributed by atoms with van der Waals surface area (Å²) in [5.74, 6) is 0.112. The first-order chi connectivity index (χ1) is 11.3. The maximum atomic E-state index is 12.9. The molecule has 0 aliphatic carbocycles. The van der Waals surface area contributed by atoms with Crippen molar-refractivity contribution >= 4 is 11.6 Å². The van der Waals surface area contributed by atoms with Gasteiger partial charge in [-0.25, -0.2) is 0 Å². The maximum Gasteiger partial charge on any atom is 0.272 e. The summed E-state index contributed by atoms with van der Waals surface area (Å²) in [6.07, 6.45) is 7.81.